The van der Waals surface area contributed by atoms with Crippen LogP contribution in [0.5, 0.6) is 0 Å². The van der Waals surface area contributed by atoms with E-state index >= 15 is 0 Å². The average molecular weight is 212 g/mol. The van der Waals surface area contributed by atoms with E-state index in [-0.39, 0.29) is 6.04 Å². The molecule has 2 N–H and O–H groups in total. The predicted molar refractivity (Wildman–Crippen MR) is 61.8 cm³/mol. The summed E-state index contributed by atoms with van der Waals surface area (Å²) in [6.07, 6.45) is 5.40. The number of nitrogens with zero attached hydrogens (tertiary/aromatic N) is 1. The Labute approximate surface area is 93.0 Å². The summed E-state index contributed by atoms with van der Waals surface area (Å²) >= 11 is 0. The molecule has 0 amide bonds. The second-order valence-electron chi connectivity index (χ2n) is 5.04. The Balaban J connectivity index is 1.77. The highest BCUT2D eigenvalue weighted by Crippen LogP contribution is 2.28. The van der Waals surface area contributed by atoms with E-state index in [0.717, 1.165) is 25.8 Å². The van der Waals surface area contributed by atoms with E-state index in [4.69, 9.17) is 10.5 Å². The fraction of sp³-hybridized carbons (Fsp3) is 1.00. The standard InChI is InChI=1S/C12H24N2O/c1-2-3-6-14(11-4-5-11)7-10-8-15-9-12(10)13/h10-12H,2-9,13H2,1H3. The van der Waals surface area contributed by atoms with Crippen molar-refractivity contribution in [1.29, 1.82) is 0 Å². The molecule has 15 heavy (non-hydrogen) atoms. The van der Waals surface area contributed by atoms with Gasteiger partial charge in [-0.1, -0.05) is 13.3 Å². The van der Waals surface area contributed by atoms with Crippen LogP contribution in [-0.4, -0.2) is 43.3 Å². The fourth-order valence-corrected chi connectivity index (χ4v) is 2.33. The van der Waals surface area contributed by atoms with Crippen LogP contribution in [0, 0.1) is 5.92 Å². The summed E-state index contributed by atoms with van der Waals surface area (Å²) in [4.78, 5) is 2.64. The molecule has 2 rings (SSSR count). The first-order valence-corrected chi connectivity index (χ1v) is 6.38. The molecule has 3 heteroatoms. The van der Waals surface area contributed by atoms with Gasteiger partial charge in [-0.2, -0.15) is 0 Å². The third-order valence-corrected chi connectivity index (χ3v) is 3.58. The topological polar surface area (TPSA) is 38.5 Å². The number of nitrogens with two attached hydrogens (primary N) is 1. The van der Waals surface area contributed by atoms with E-state index in [9.17, 15) is 0 Å². The fourth-order valence-electron chi connectivity index (χ4n) is 2.33. The minimum absolute atomic E-state index is 0.271. The smallest absolute Gasteiger partial charge is 0.0621 e. The predicted octanol–water partition coefficient (Wildman–Crippen LogP) is 1.22. The highest BCUT2D eigenvalue weighted by molar-refractivity contribution is 4.88. The molecule has 88 valence electrons. The Morgan fingerprint density at radius 3 is 2.67 bits per heavy atom. The second-order valence-corrected chi connectivity index (χ2v) is 5.04. The van der Waals surface area contributed by atoms with E-state index in [2.05, 4.69) is 11.8 Å². The van der Waals surface area contributed by atoms with Crippen molar-refractivity contribution in [3.05, 3.63) is 0 Å². The summed E-state index contributed by atoms with van der Waals surface area (Å²) < 4.78 is 5.42. The number of unbranched alkanes of at least 4 members (excludes halogenated alkanes) is 1. The van der Waals surface area contributed by atoms with Gasteiger partial charge in [0, 0.05) is 24.5 Å². The van der Waals surface area contributed by atoms with E-state index in [0.29, 0.717) is 5.92 Å². The first-order chi connectivity index (χ1) is 7.31. The molecular weight excluding hydrogens is 188 g/mol. The largest absolute Gasteiger partial charge is 0.379 e. The van der Waals surface area contributed by atoms with E-state index < -0.39 is 0 Å². The van der Waals surface area contributed by atoms with Crippen LogP contribution in [0.15, 0.2) is 0 Å². The molecule has 2 fully saturated rings. The lowest BCUT2D eigenvalue weighted by Crippen LogP contribution is -2.40. The molecule has 1 saturated carbocycles. The van der Waals surface area contributed by atoms with Crippen LogP contribution < -0.4 is 5.73 Å². The maximum Gasteiger partial charge on any atom is 0.0621 e. The SMILES string of the molecule is CCCCN(CC1COCC1N)C1CC1. The van der Waals surface area contributed by atoms with Gasteiger partial charge in [0.15, 0.2) is 0 Å². The molecular formula is C12H24N2O. The zero-order valence-electron chi connectivity index (χ0n) is 9.82. The Bertz CT molecular complexity index is 194. The second kappa shape index (κ2) is 5.28. The normalized spacial score (nSPS) is 31.4. The highest BCUT2D eigenvalue weighted by atomic mass is 16.5. The van der Waals surface area contributed by atoms with Crippen LogP contribution in [0.3, 0.4) is 0 Å². The van der Waals surface area contributed by atoms with Gasteiger partial charge in [0.05, 0.1) is 13.2 Å². The Kier molecular flexibility index (Phi) is 4.00. The first-order valence-electron chi connectivity index (χ1n) is 6.38. The summed E-state index contributed by atoms with van der Waals surface area (Å²) in [6, 6.07) is 1.14. The zero-order chi connectivity index (χ0) is 10.7. The number of ether oxygens (including phenoxy) is 1. The van der Waals surface area contributed by atoms with Crippen molar-refractivity contribution in [1.82, 2.24) is 4.90 Å². The van der Waals surface area contributed by atoms with Gasteiger partial charge in [-0.15, -0.1) is 0 Å². The molecule has 2 aliphatic rings. The average Bonchev–Trinajstić information content (AvgIpc) is 2.99. The van der Waals surface area contributed by atoms with Crippen molar-refractivity contribution < 1.29 is 4.74 Å². The lowest BCUT2D eigenvalue weighted by Gasteiger charge is -2.26. The molecule has 0 radical (unpaired) electrons. The van der Waals surface area contributed by atoms with Crippen LogP contribution >= 0.6 is 0 Å². The van der Waals surface area contributed by atoms with Gasteiger partial charge in [-0.25, -0.2) is 0 Å². The molecule has 0 aromatic heterocycles. The summed E-state index contributed by atoms with van der Waals surface area (Å²) in [5.41, 5.74) is 6.02. The van der Waals surface area contributed by atoms with Crippen molar-refractivity contribution in [3.8, 4) is 0 Å². The monoisotopic (exact) mass is 212 g/mol. The molecule has 1 aliphatic heterocycles. The molecule has 1 heterocycles. The first kappa shape index (κ1) is 11.4. The van der Waals surface area contributed by atoms with Crippen LogP contribution in [0.1, 0.15) is 32.6 Å². The van der Waals surface area contributed by atoms with Gasteiger partial charge in [0.2, 0.25) is 0 Å². The molecule has 0 spiro atoms. The molecule has 0 aromatic carbocycles. The number of hydrogen-bond donors (Lipinski definition) is 1. The minimum Gasteiger partial charge on any atom is -0.379 e. The van der Waals surface area contributed by atoms with E-state index in [1.54, 1.807) is 0 Å². The van der Waals surface area contributed by atoms with Gasteiger partial charge >= 0.3 is 0 Å². The van der Waals surface area contributed by atoms with E-state index in [1.165, 1.54) is 32.2 Å². The Hall–Kier alpha value is -0.120. The van der Waals surface area contributed by atoms with Crippen molar-refractivity contribution in [3.63, 3.8) is 0 Å². The molecule has 1 saturated heterocycles. The molecule has 2 atom stereocenters. The molecule has 3 nitrogen and oxygen atoms in total. The van der Waals surface area contributed by atoms with Crippen LogP contribution in [0.4, 0.5) is 0 Å². The minimum atomic E-state index is 0.271. The van der Waals surface area contributed by atoms with Gasteiger partial charge in [-0.3, -0.25) is 4.90 Å². The molecule has 0 bridgehead atoms. The zero-order valence-corrected chi connectivity index (χ0v) is 9.82. The van der Waals surface area contributed by atoms with Gasteiger partial charge < -0.3 is 10.5 Å². The quantitative estimate of drug-likeness (QED) is 0.719. The summed E-state index contributed by atoms with van der Waals surface area (Å²) in [5.74, 6) is 0.572. The maximum absolute atomic E-state index is 6.02. The summed E-state index contributed by atoms with van der Waals surface area (Å²) in [5, 5.41) is 0. The van der Waals surface area contributed by atoms with Gasteiger partial charge in [-0.05, 0) is 25.8 Å². The van der Waals surface area contributed by atoms with Crippen LogP contribution in [0.25, 0.3) is 0 Å². The van der Waals surface area contributed by atoms with Crippen LogP contribution in [-0.2, 0) is 4.74 Å². The molecule has 2 unspecified atom stereocenters. The third-order valence-electron chi connectivity index (χ3n) is 3.58. The van der Waals surface area contributed by atoms with Crippen molar-refractivity contribution in [2.45, 2.75) is 44.7 Å². The molecule has 1 aliphatic carbocycles. The van der Waals surface area contributed by atoms with E-state index in [1.807, 2.05) is 0 Å². The maximum atomic E-state index is 6.02. The third kappa shape index (κ3) is 3.16. The van der Waals surface area contributed by atoms with Crippen molar-refractivity contribution >= 4 is 0 Å². The Morgan fingerprint density at radius 1 is 1.33 bits per heavy atom. The molecule has 0 aromatic rings. The van der Waals surface area contributed by atoms with Crippen molar-refractivity contribution in [2.75, 3.05) is 26.3 Å². The summed E-state index contributed by atoms with van der Waals surface area (Å²) in [7, 11) is 0. The Morgan fingerprint density at radius 2 is 2.13 bits per heavy atom. The van der Waals surface area contributed by atoms with Crippen LogP contribution in [0.2, 0.25) is 0 Å². The van der Waals surface area contributed by atoms with Gasteiger partial charge in [0.25, 0.3) is 0 Å². The lowest BCUT2D eigenvalue weighted by molar-refractivity contribution is 0.163. The van der Waals surface area contributed by atoms with Gasteiger partial charge in [0.1, 0.15) is 0 Å². The number of hydrogen-bond acceptors (Lipinski definition) is 3. The lowest BCUT2D eigenvalue weighted by atomic mass is 10.0. The highest BCUT2D eigenvalue weighted by Gasteiger charge is 2.33. The summed E-state index contributed by atoms with van der Waals surface area (Å²) in [6.45, 7) is 6.30. The van der Waals surface area contributed by atoms with Crippen molar-refractivity contribution in [2.24, 2.45) is 11.7 Å². The number of rotatable bonds is 6.